The molecule has 0 aliphatic rings. The lowest BCUT2D eigenvalue weighted by molar-refractivity contribution is -0.385. The zero-order valence-electron chi connectivity index (χ0n) is 35.7. The first-order valence-electron chi connectivity index (χ1n) is 21.5. The van der Waals surface area contributed by atoms with Crippen LogP contribution in [0.15, 0.2) is 146 Å². The highest BCUT2D eigenvalue weighted by Gasteiger charge is 2.28. The normalized spacial score (nSPS) is 11.2. The Morgan fingerprint density at radius 1 is 0.385 bits per heavy atom. The van der Waals surface area contributed by atoms with Gasteiger partial charge in [-0.05, 0) is 132 Å². The molecule has 0 bridgehead atoms. The Balaban J connectivity index is 1.19. The van der Waals surface area contributed by atoms with Gasteiger partial charge in [-0.2, -0.15) is 0 Å². The molecule has 9 aromatic rings. The van der Waals surface area contributed by atoms with Gasteiger partial charge in [-0.15, -0.1) is 56.7 Å². The lowest BCUT2D eigenvalue weighted by Crippen LogP contribution is -2.00. The molecule has 4 aromatic carbocycles. The van der Waals surface area contributed by atoms with Crippen LogP contribution in [-0.4, -0.2) is 22.9 Å². The molecule has 0 amide bonds. The molecule has 0 aliphatic heterocycles. The summed E-state index contributed by atoms with van der Waals surface area (Å²) in [6.45, 7) is 6.30. The molecule has 0 saturated carbocycles. The summed E-state index contributed by atoms with van der Waals surface area (Å²) in [6.07, 6.45) is 4.55. The number of hydrogen-bond donors (Lipinski definition) is 2. The molecule has 9 rings (SSSR count). The van der Waals surface area contributed by atoms with Crippen molar-refractivity contribution in [2.24, 2.45) is 0 Å². The van der Waals surface area contributed by atoms with Crippen LogP contribution in [0.1, 0.15) is 39.5 Å². The van der Waals surface area contributed by atoms with Gasteiger partial charge in [0.1, 0.15) is 0 Å². The van der Waals surface area contributed by atoms with Crippen LogP contribution in [0, 0.1) is 20.2 Å². The molecule has 5 aromatic heterocycles. The summed E-state index contributed by atoms with van der Waals surface area (Å²) in [6, 6.07) is 48.5. The highest BCUT2D eigenvalue weighted by atomic mass is 32.1. The average molecular weight is 949 g/mol. The standard InChI is InChI=1S/C52H44N4O4S5/c1-3-5-31-53-37-15-7-33(8-16-37)41-23-27-45(61-41)49-50(46-28-24-42(62-46)35-11-19-39(20-12-35)55(57)58)52(48-30-26-44(64-48)36-13-21-40(22-14-36)56(59)60)65-51(49)47-29-25-43(63-47)34-9-17-38(18-10-34)54-32-6-4-2/h7-30,53-54H,3-6,31-32H2,1-2H3. The van der Waals surface area contributed by atoms with Crippen LogP contribution in [0.25, 0.3) is 82.2 Å². The van der Waals surface area contributed by atoms with Gasteiger partial charge in [-0.3, -0.25) is 20.2 Å². The summed E-state index contributed by atoms with van der Waals surface area (Å²) in [5.74, 6) is 0. The number of nitro groups is 2. The lowest BCUT2D eigenvalue weighted by atomic mass is 10.0. The fraction of sp³-hybridized carbons (Fsp3) is 0.154. The van der Waals surface area contributed by atoms with Gasteiger partial charge in [0.15, 0.2) is 0 Å². The molecule has 65 heavy (non-hydrogen) atoms. The van der Waals surface area contributed by atoms with Crippen LogP contribution < -0.4 is 10.6 Å². The topological polar surface area (TPSA) is 110 Å². The van der Waals surface area contributed by atoms with Crippen molar-refractivity contribution in [3.05, 3.63) is 166 Å². The number of non-ortho nitro benzene ring substituents is 2. The quantitative estimate of drug-likeness (QED) is 0.0504. The zero-order chi connectivity index (χ0) is 44.9. The third kappa shape index (κ3) is 9.75. The van der Waals surface area contributed by atoms with Crippen molar-refractivity contribution < 1.29 is 9.85 Å². The monoisotopic (exact) mass is 948 g/mol. The third-order valence-corrected chi connectivity index (χ3v) is 17.2. The first kappa shape index (κ1) is 44.0. The summed E-state index contributed by atoms with van der Waals surface area (Å²) in [5, 5.41) is 30.1. The molecule has 0 fully saturated rings. The van der Waals surface area contributed by atoms with E-state index in [1.807, 2.05) is 24.3 Å². The predicted octanol–water partition coefficient (Wildman–Crippen LogP) is 17.6. The molecule has 8 nitrogen and oxygen atoms in total. The fourth-order valence-electron chi connectivity index (χ4n) is 7.55. The van der Waals surface area contributed by atoms with Gasteiger partial charge in [0.25, 0.3) is 11.4 Å². The maximum Gasteiger partial charge on any atom is 0.269 e. The van der Waals surface area contributed by atoms with E-state index in [1.165, 1.54) is 30.6 Å². The van der Waals surface area contributed by atoms with Crippen LogP contribution in [-0.2, 0) is 0 Å². The molecule has 13 heteroatoms. The number of thiophene rings is 5. The number of anilines is 2. The lowest BCUT2D eigenvalue weighted by Gasteiger charge is -2.07. The predicted molar refractivity (Wildman–Crippen MR) is 279 cm³/mol. The smallest absolute Gasteiger partial charge is 0.269 e. The van der Waals surface area contributed by atoms with E-state index in [0.29, 0.717) is 0 Å². The van der Waals surface area contributed by atoms with E-state index in [9.17, 15) is 20.2 Å². The number of nitrogens with zero attached hydrogens (tertiary/aromatic N) is 2. The van der Waals surface area contributed by atoms with Crippen molar-refractivity contribution in [3.63, 3.8) is 0 Å². The van der Waals surface area contributed by atoms with Crippen molar-refractivity contribution in [1.82, 2.24) is 0 Å². The van der Waals surface area contributed by atoms with Crippen LogP contribution in [0.2, 0.25) is 0 Å². The molecule has 0 spiro atoms. The highest BCUT2D eigenvalue weighted by molar-refractivity contribution is 7.30. The molecular weight excluding hydrogens is 905 g/mol. The first-order chi connectivity index (χ1) is 31.8. The van der Waals surface area contributed by atoms with Crippen LogP contribution >= 0.6 is 56.7 Å². The summed E-state index contributed by atoms with van der Waals surface area (Å²) < 4.78 is 0. The number of hydrogen-bond acceptors (Lipinski definition) is 11. The minimum atomic E-state index is -0.371. The maximum atomic E-state index is 11.5. The number of rotatable bonds is 18. The summed E-state index contributed by atoms with van der Waals surface area (Å²) >= 11 is 8.75. The number of nitro benzene ring substituents is 2. The fourth-order valence-corrected chi connectivity index (χ4v) is 13.4. The van der Waals surface area contributed by atoms with Gasteiger partial charge in [0.05, 0.1) is 19.6 Å². The number of benzene rings is 4. The summed E-state index contributed by atoms with van der Waals surface area (Å²) in [4.78, 5) is 33.5. The Bertz CT molecular complexity index is 3070. The second-order valence-electron chi connectivity index (χ2n) is 15.5. The Hall–Kier alpha value is -6.22. The van der Waals surface area contributed by atoms with Gasteiger partial charge in [0, 0.05) is 98.9 Å². The third-order valence-electron chi connectivity index (χ3n) is 11.1. The molecule has 0 aliphatic carbocycles. The maximum absolute atomic E-state index is 11.5. The summed E-state index contributed by atoms with van der Waals surface area (Å²) in [7, 11) is 0. The van der Waals surface area contributed by atoms with Crippen molar-refractivity contribution in [1.29, 1.82) is 0 Å². The van der Waals surface area contributed by atoms with Gasteiger partial charge in [-0.25, -0.2) is 0 Å². The largest absolute Gasteiger partial charge is 0.385 e. The van der Waals surface area contributed by atoms with E-state index in [-0.39, 0.29) is 21.2 Å². The van der Waals surface area contributed by atoms with E-state index in [0.717, 1.165) is 102 Å². The van der Waals surface area contributed by atoms with Crippen molar-refractivity contribution >= 4 is 79.4 Å². The van der Waals surface area contributed by atoms with Gasteiger partial charge >= 0.3 is 0 Å². The minimum absolute atomic E-state index is 0.0601. The van der Waals surface area contributed by atoms with Gasteiger partial charge in [-0.1, -0.05) is 51.0 Å². The molecular formula is C52H44N4O4S5. The minimum Gasteiger partial charge on any atom is -0.385 e. The average Bonchev–Trinajstić information content (AvgIpc) is 4.19. The highest BCUT2D eigenvalue weighted by Crippen LogP contribution is 2.58. The molecule has 5 heterocycles. The Kier molecular flexibility index (Phi) is 13.5. The summed E-state index contributed by atoms with van der Waals surface area (Å²) in [5.41, 5.74) is 8.85. The molecule has 0 atom stereocenters. The SMILES string of the molecule is CCCCNc1ccc(-c2ccc(-c3sc(-c4ccc(-c5ccc([N+](=O)[O-])cc5)s4)c(-c4ccc(-c5ccc([N+](=O)[O-])cc5)s4)c3-c3ccc(-c4ccc(NCCCC)cc4)s3)s2)cc1. The van der Waals surface area contributed by atoms with Crippen LogP contribution in [0.5, 0.6) is 0 Å². The Morgan fingerprint density at radius 3 is 1.00 bits per heavy atom. The second kappa shape index (κ2) is 19.9. The van der Waals surface area contributed by atoms with Crippen molar-refractivity contribution in [3.8, 4) is 82.2 Å². The van der Waals surface area contributed by atoms with Gasteiger partial charge in [0.2, 0.25) is 0 Å². The zero-order valence-corrected chi connectivity index (χ0v) is 39.8. The molecule has 0 radical (unpaired) electrons. The van der Waals surface area contributed by atoms with E-state index >= 15 is 0 Å². The van der Waals surface area contributed by atoms with Crippen molar-refractivity contribution in [2.45, 2.75) is 39.5 Å². The van der Waals surface area contributed by atoms with Gasteiger partial charge < -0.3 is 10.6 Å². The number of nitrogens with one attached hydrogen (secondary N) is 2. The van der Waals surface area contributed by atoms with E-state index < -0.39 is 0 Å². The molecule has 2 N–H and O–H groups in total. The second-order valence-corrected chi connectivity index (χ2v) is 20.8. The number of unbranched alkanes of at least 4 members (excludes halogenated alkanes) is 2. The molecule has 0 unspecified atom stereocenters. The Labute approximate surface area is 397 Å². The van der Waals surface area contributed by atoms with E-state index in [2.05, 4.69) is 122 Å². The molecule has 326 valence electrons. The molecule has 0 saturated heterocycles. The van der Waals surface area contributed by atoms with Crippen LogP contribution in [0.4, 0.5) is 22.7 Å². The first-order valence-corrected chi connectivity index (χ1v) is 25.6. The van der Waals surface area contributed by atoms with Crippen molar-refractivity contribution in [2.75, 3.05) is 23.7 Å². The van der Waals surface area contributed by atoms with E-state index in [1.54, 1.807) is 80.9 Å². The Morgan fingerprint density at radius 2 is 0.677 bits per heavy atom. The van der Waals surface area contributed by atoms with E-state index in [4.69, 9.17) is 0 Å². The van der Waals surface area contributed by atoms with Crippen LogP contribution in [0.3, 0.4) is 0 Å².